The van der Waals surface area contributed by atoms with Gasteiger partial charge < -0.3 is 5.11 Å². The molecule has 0 radical (unpaired) electrons. The van der Waals surface area contributed by atoms with Gasteiger partial charge in [0.15, 0.2) is 5.60 Å². The lowest BCUT2D eigenvalue weighted by Gasteiger charge is -2.24. The maximum atomic E-state index is 11.5. The third kappa shape index (κ3) is 1.41. The van der Waals surface area contributed by atoms with Crippen molar-refractivity contribution in [1.29, 1.82) is 0 Å². The van der Waals surface area contributed by atoms with Crippen molar-refractivity contribution in [3.05, 3.63) is 81.5 Å². The summed E-state index contributed by atoms with van der Waals surface area (Å²) in [5.41, 5.74) is 3.24. The van der Waals surface area contributed by atoms with Gasteiger partial charge in [0, 0.05) is 20.9 Å². The SMILES string of the molecule is Cc1ccc(C2(O)c3ccccc3-c3ccccc32)s1. The molecule has 0 spiro atoms. The van der Waals surface area contributed by atoms with Crippen LogP contribution >= 0.6 is 11.3 Å². The molecule has 4 rings (SSSR count). The van der Waals surface area contributed by atoms with Gasteiger partial charge in [0.05, 0.1) is 0 Å². The Morgan fingerprint density at radius 2 is 1.35 bits per heavy atom. The Morgan fingerprint density at radius 1 is 0.800 bits per heavy atom. The minimum Gasteiger partial charge on any atom is -0.375 e. The van der Waals surface area contributed by atoms with Gasteiger partial charge in [0.2, 0.25) is 0 Å². The molecule has 20 heavy (non-hydrogen) atoms. The summed E-state index contributed by atoms with van der Waals surface area (Å²) < 4.78 is 0. The summed E-state index contributed by atoms with van der Waals surface area (Å²) in [5, 5.41) is 11.5. The van der Waals surface area contributed by atoms with Crippen molar-refractivity contribution in [3.63, 3.8) is 0 Å². The first-order valence-electron chi connectivity index (χ1n) is 6.70. The van der Waals surface area contributed by atoms with E-state index in [9.17, 15) is 5.11 Å². The predicted octanol–water partition coefficient (Wildman–Crippen LogP) is 4.32. The van der Waals surface area contributed by atoms with Crippen LogP contribution in [-0.4, -0.2) is 5.11 Å². The summed E-state index contributed by atoms with van der Waals surface area (Å²) in [7, 11) is 0. The van der Waals surface area contributed by atoms with E-state index in [1.807, 2.05) is 42.5 Å². The van der Waals surface area contributed by atoms with E-state index in [0.29, 0.717) is 0 Å². The molecule has 0 saturated carbocycles. The summed E-state index contributed by atoms with van der Waals surface area (Å²) in [5.74, 6) is 0. The van der Waals surface area contributed by atoms with Crippen molar-refractivity contribution in [2.24, 2.45) is 0 Å². The molecule has 2 heteroatoms. The number of hydrogen-bond acceptors (Lipinski definition) is 2. The third-order valence-corrected chi connectivity index (χ3v) is 5.13. The lowest BCUT2D eigenvalue weighted by Crippen LogP contribution is -2.24. The second-order valence-corrected chi connectivity index (χ2v) is 6.50. The number of thiophene rings is 1. The molecular weight excluding hydrogens is 264 g/mol. The van der Waals surface area contributed by atoms with Gasteiger partial charge in [-0.25, -0.2) is 0 Å². The van der Waals surface area contributed by atoms with Gasteiger partial charge in [-0.2, -0.15) is 0 Å². The van der Waals surface area contributed by atoms with Crippen LogP contribution in [0.25, 0.3) is 11.1 Å². The molecule has 0 aliphatic heterocycles. The maximum Gasteiger partial charge on any atom is 0.150 e. The number of aryl methyl sites for hydroxylation is 1. The van der Waals surface area contributed by atoms with E-state index < -0.39 is 5.60 Å². The van der Waals surface area contributed by atoms with Gasteiger partial charge in [0.25, 0.3) is 0 Å². The number of aliphatic hydroxyl groups is 1. The van der Waals surface area contributed by atoms with Crippen molar-refractivity contribution in [1.82, 2.24) is 0 Å². The molecule has 1 aromatic heterocycles. The van der Waals surface area contributed by atoms with Crippen molar-refractivity contribution >= 4 is 11.3 Å². The molecule has 0 saturated heterocycles. The molecule has 0 unspecified atom stereocenters. The highest BCUT2D eigenvalue weighted by atomic mass is 32.1. The zero-order valence-electron chi connectivity index (χ0n) is 11.1. The number of fused-ring (bicyclic) bond motifs is 3. The summed E-state index contributed by atoms with van der Waals surface area (Å²) >= 11 is 1.66. The zero-order valence-corrected chi connectivity index (χ0v) is 11.9. The molecular formula is C18H14OS. The minimum atomic E-state index is -1.01. The van der Waals surface area contributed by atoms with E-state index in [-0.39, 0.29) is 0 Å². The quantitative estimate of drug-likeness (QED) is 0.703. The molecule has 1 aliphatic rings. The van der Waals surface area contributed by atoms with E-state index in [1.165, 1.54) is 4.88 Å². The van der Waals surface area contributed by atoms with Gasteiger partial charge in [0.1, 0.15) is 0 Å². The summed E-state index contributed by atoms with van der Waals surface area (Å²) in [6, 6.07) is 20.4. The monoisotopic (exact) mass is 278 g/mol. The second-order valence-electron chi connectivity index (χ2n) is 5.21. The second kappa shape index (κ2) is 4.05. The normalized spacial score (nSPS) is 14.9. The van der Waals surface area contributed by atoms with Crippen molar-refractivity contribution in [2.45, 2.75) is 12.5 Å². The average Bonchev–Trinajstić information content (AvgIpc) is 3.03. The van der Waals surface area contributed by atoms with Gasteiger partial charge in [-0.1, -0.05) is 48.5 Å². The van der Waals surface area contributed by atoms with Crippen LogP contribution in [0.4, 0.5) is 0 Å². The van der Waals surface area contributed by atoms with Crippen molar-refractivity contribution in [3.8, 4) is 11.1 Å². The van der Waals surface area contributed by atoms with Crippen LogP contribution < -0.4 is 0 Å². The molecule has 1 heterocycles. The van der Waals surface area contributed by atoms with Crippen LogP contribution in [0.15, 0.2) is 60.7 Å². The molecule has 0 fully saturated rings. The largest absolute Gasteiger partial charge is 0.375 e. The van der Waals surface area contributed by atoms with Crippen LogP contribution in [0, 0.1) is 6.92 Å². The molecule has 1 nitrogen and oxygen atoms in total. The van der Waals surface area contributed by atoms with E-state index >= 15 is 0 Å². The molecule has 2 aromatic carbocycles. The molecule has 0 bridgehead atoms. The van der Waals surface area contributed by atoms with Crippen LogP contribution in [0.3, 0.4) is 0 Å². The molecule has 98 valence electrons. The van der Waals surface area contributed by atoms with Crippen LogP contribution in [0.1, 0.15) is 20.9 Å². The zero-order chi connectivity index (χ0) is 13.7. The van der Waals surface area contributed by atoms with E-state index in [1.54, 1.807) is 11.3 Å². The van der Waals surface area contributed by atoms with Crippen LogP contribution in [0.5, 0.6) is 0 Å². The summed E-state index contributed by atoms with van der Waals surface area (Å²) in [4.78, 5) is 2.21. The number of benzene rings is 2. The summed E-state index contributed by atoms with van der Waals surface area (Å²) in [6.45, 7) is 2.07. The molecule has 0 amide bonds. The summed E-state index contributed by atoms with van der Waals surface area (Å²) in [6.07, 6.45) is 0. The molecule has 1 N–H and O–H groups in total. The fraction of sp³-hybridized carbons (Fsp3) is 0.111. The minimum absolute atomic E-state index is 0.989. The topological polar surface area (TPSA) is 20.2 Å². The predicted molar refractivity (Wildman–Crippen MR) is 83.0 cm³/mol. The Balaban J connectivity index is 2.09. The van der Waals surface area contributed by atoms with Gasteiger partial charge in [-0.15, -0.1) is 11.3 Å². The van der Waals surface area contributed by atoms with Crippen molar-refractivity contribution in [2.75, 3.05) is 0 Å². The van der Waals surface area contributed by atoms with Crippen molar-refractivity contribution < 1.29 is 5.11 Å². The first-order valence-corrected chi connectivity index (χ1v) is 7.51. The molecule has 1 aliphatic carbocycles. The fourth-order valence-corrected chi connectivity index (χ4v) is 4.09. The highest BCUT2D eigenvalue weighted by Crippen LogP contribution is 2.51. The van der Waals surface area contributed by atoms with Crippen LogP contribution in [0.2, 0.25) is 0 Å². The van der Waals surface area contributed by atoms with E-state index in [4.69, 9.17) is 0 Å². The highest BCUT2D eigenvalue weighted by Gasteiger charge is 2.43. The van der Waals surface area contributed by atoms with Crippen LogP contribution in [-0.2, 0) is 5.60 Å². The Hall–Kier alpha value is -1.90. The highest BCUT2D eigenvalue weighted by molar-refractivity contribution is 7.12. The Kier molecular flexibility index (Phi) is 2.40. The third-order valence-electron chi connectivity index (χ3n) is 4.02. The number of hydrogen-bond donors (Lipinski definition) is 1. The first-order chi connectivity index (χ1) is 9.71. The lowest BCUT2D eigenvalue weighted by atomic mass is 9.90. The van der Waals surface area contributed by atoms with Gasteiger partial charge in [-0.3, -0.25) is 0 Å². The smallest absolute Gasteiger partial charge is 0.150 e. The average molecular weight is 278 g/mol. The number of rotatable bonds is 1. The first kappa shape index (κ1) is 11.9. The van der Waals surface area contributed by atoms with E-state index in [2.05, 4.69) is 25.1 Å². The Morgan fingerprint density at radius 3 is 1.85 bits per heavy atom. The molecule has 3 aromatic rings. The van der Waals surface area contributed by atoms with Gasteiger partial charge >= 0.3 is 0 Å². The lowest BCUT2D eigenvalue weighted by molar-refractivity contribution is 0.134. The van der Waals surface area contributed by atoms with E-state index in [0.717, 1.165) is 27.1 Å². The Bertz CT molecular complexity index is 755. The molecule has 0 atom stereocenters. The van der Waals surface area contributed by atoms with Gasteiger partial charge in [-0.05, 0) is 30.2 Å². The Labute approximate surface area is 122 Å². The standard InChI is InChI=1S/C18H14OS/c1-12-10-11-17(20-12)18(19)15-8-4-2-6-13(15)14-7-3-5-9-16(14)18/h2-11,19H,1H3. The maximum absolute atomic E-state index is 11.5. The fourth-order valence-electron chi connectivity index (χ4n) is 3.11.